The molecule has 2 aliphatic carbocycles. The van der Waals surface area contributed by atoms with Gasteiger partial charge >= 0.3 is 11.9 Å². The zero-order valence-electron chi connectivity index (χ0n) is 42.3. The maximum Gasteiger partial charge on any atom is 0.334 e. The van der Waals surface area contributed by atoms with Crippen LogP contribution >= 0.6 is 0 Å². The van der Waals surface area contributed by atoms with E-state index in [1.165, 1.54) is 20.1 Å². The van der Waals surface area contributed by atoms with Gasteiger partial charge in [-0.25, -0.2) is 4.79 Å². The van der Waals surface area contributed by atoms with Crippen molar-refractivity contribution in [2.45, 2.75) is 164 Å². The maximum absolute atomic E-state index is 15.4. The highest BCUT2D eigenvalue weighted by molar-refractivity contribution is 5.89. The number of aliphatic hydroxyl groups is 5. The molecular weight excluding hydrogens is 917 g/mol. The number of aromatic hydroxyl groups is 1. The quantitative estimate of drug-likeness (QED) is 0.0520. The fraction of sp³-hybridized carbons (Fsp3) is 0.569. The molecule has 14 heteroatoms. The Hall–Kier alpha value is -5.11. The highest BCUT2D eigenvalue weighted by atomic mass is 16.6. The molecule has 0 saturated heterocycles. The fourth-order valence-corrected chi connectivity index (χ4v) is 11.9. The SMILES string of the molecule is CCC[C@]1(O)[C@@H]2CCC(=O)[C@H](Cc3cccc(c3)C[C@H](O)/C=C3/C[C@@H](c4cc(NC[C@@](C)(O)[C@H](O)COC)cc([C@@H](O)CNC)c4)C#C[C@@H]4CC(=O)Oc5c4cc(c(O)c5C4CCCCC4)C[C@H]1OC3=O)C2. The van der Waals surface area contributed by atoms with Crippen LogP contribution < -0.4 is 15.4 Å². The fourth-order valence-electron chi connectivity index (χ4n) is 11.9. The molecule has 2 saturated carbocycles. The number of anilines is 1. The largest absolute Gasteiger partial charge is 0.507 e. The molecule has 10 atom stereocenters. The number of esters is 2. The number of methoxy groups -OCH3 is 1. The predicted octanol–water partition coefficient (Wildman–Crippen LogP) is 6.50. The van der Waals surface area contributed by atoms with Crippen LogP contribution in [-0.2, 0) is 43.1 Å². The topological polar surface area (TPSA) is 224 Å². The van der Waals surface area contributed by atoms with Crippen molar-refractivity contribution in [1.82, 2.24) is 5.32 Å². The van der Waals surface area contributed by atoms with Gasteiger partial charge < -0.3 is 55.5 Å². The number of rotatable bonds is 13. The molecule has 3 aliphatic heterocycles. The minimum absolute atomic E-state index is 0.0616. The monoisotopic (exact) mass is 991 g/mol. The number of hydrogen-bond donors (Lipinski definition) is 8. The first-order valence-electron chi connectivity index (χ1n) is 26.1. The van der Waals surface area contributed by atoms with Gasteiger partial charge in [0.25, 0.3) is 0 Å². The summed E-state index contributed by atoms with van der Waals surface area (Å²) in [5.41, 5.74) is 1.61. The summed E-state index contributed by atoms with van der Waals surface area (Å²) in [4.78, 5) is 42.9. The van der Waals surface area contributed by atoms with Gasteiger partial charge in [-0.15, -0.1) is 0 Å². The average Bonchev–Trinajstić information content (AvgIpc) is 3.35. The van der Waals surface area contributed by atoms with Crippen LogP contribution in [0.25, 0.3) is 0 Å². The molecule has 8 N–H and O–H groups in total. The first-order chi connectivity index (χ1) is 34.5. The van der Waals surface area contributed by atoms with E-state index >= 15 is 4.79 Å². The van der Waals surface area contributed by atoms with E-state index in [0.717, 1.165) is 43.2 Å². The normalized spacial score (nSPS) is 28.3. The highest BCUT2D eigenvalue weighted by Crippen LogP contribution is 2.51. The van der Waals surface area contributed by atoms with E-state index in [9.17, 15) is 40.2 Å². The highest BCUT2D eigenvalue weighted by Gasteiger charge is 2.49. The summed E-state index contributed by atoms with van der Waals surface area (Å²) in [6.07, 6.45) is 3.28. The number of Topliss-reactive ketones (excluding diaryl/α,β-unsaturated/α-hetero) is 1. The number of likely N-dealkylation sites (N-methyl/N-ethyl adjacent to an activating group) is 1. The van der Waals surface area contributed by atoms with E-state index in [1.54, 1.807) is 31.3 Å². The van der Waals surface area contributed by atoms with Crippen LogP contribution in [-0.4, -0.2) is 112 Å². The summed E-state index contributed by atoms with van der Waals surface area (Å²) in [7, 11) is 3.15. The number of carbonyl (C=O) groups is 3. The molecule has 0 radical (unpaired) electrons. The van der Waals surface area contributed by atoms with Gasteiger partial charge in [-0.3, -0.25) is 9.59 Å². The number of ether oxygens (including phenoxy) is 3. The van der Waals surface area contributed by atoms with Crippen molar-refractivity contribution in [2.24, 2.45) is 11.8 Å². The number of aliphatic hydroxyl groups excluding tert-OH is 3. The Labute approximate surface area is 423 Å². The molecule has 3 aromatic carbocycles. The first kappa shape index (κ1) is 53.2. The summed E-state index contributed by atoms with van der Waals surface area (Å²) in [5, 5.41) is 77.8. The third-order valence-electron chi connectivity index (χ3n) is 16.0. The van der Waals surface area contributed by atoms with Gasteiger partial charge in [-0.2, -0.15) is 0 Å². The van der Waals surface area contributed by atoms with Crippen molar-refractivity contribution >= 4 is 23.4 Å². The van der Waals surface area contributed by atoms with Crippen LogP contribution in [0.4, 0.5) is 5.69 Å². The Kier molecular flexibility index (Phi) is 17.0. The number of phenolic OH excluding ortho intramolecular Hbond substituents is 1. The van der Waals surface area contributed by atoms with E-state index in [2.05, 4.69) is 22.5 Å². The molecule has 388 valence electrons. The second-order valence-corrected chi connectivity index (χ2v) is 21.4. The van der Waals surface area contributed by atoms with Gasteiger partial charge in [-0.05, 0) is 123 Å². The number of phenols is 1. The predicted molar refractivity (Wildman–Crippen MR) is 272 cm³/mol. The zero-order valence-corrected chi connectivity index (χ0v) is 42.3. The van der Waals surface area contributed by atoms with E-state index in [0.29, 0.717) is 64.9 Å². The van der Waals surface area contributed by atoms with Crippen molar-refractivity contribution in [3.05, 3.63) is 99.1 Å². The molecule has 8 rings (SSSR count). The maximum atomic E-state index is 15.4. The Bertz CT molecular complexity index is 2560. The minimum atomic E-state index is -1.67. The molecule has 0 aromatic heterocycles. The summed E-state index contributed by atoms with van der Waals surface area (Å²) in [5.74, 6) is 3.40. The van der Waals surface area contributed by atoms with Gasteiger partial charge in [0, 0.05) is 73.7 Å². The average molecular weight is 991 g/mol. The van der Waals surface area contributed by atoms with Crippen LogP contribution in [0.2, 0.25) is 0 Å². The molecular formula is C58H74N2O12. The van der Waals surface area contributed by atoms with Crippen LogP contribution in [0.1, 0.15) is 154 Å². The van der Waals surface area contributed by atoms with Gasteiger partial charge in [0.2, 0.25) is 0 Å². The van der Waals surface area contributed by atoms with Crippen molar-refractivity contribution in [3.63, 3.8) is 0 Å². The first-order valence-corrected chi connectivity index (χ1v) is 26.1. The summed E-state index contributed by atoms with van der Waals surface area (Å²) in [6.45, 7) is 3.41. The molecule has 3 aromatic rings. The molecule has 0 unspecified atom stereocenters. The lowest BCUT2D eigenvalue weighted by Gasteiger charge is -2.45. The van der Waals surface area contributed by atoms with E-state index < -0.39 is 71.2 Å². The Morgan fingerprint density at radius 3 is 2.42 bits per heavy atom. The summed E-state index contributed by atoms with van der Waals surface area (Å²) < 4.78 is 18.0. The van der Waals surface area contributed by atoms with Crippen LogP contribution in [0.5, 0.6) is 11.5 Å². The van der Waals surface area contributed by atoms with E-state index in [-0.39, 0.29) is 81.2 Å². The van der Waals surface area contributed by atoms with Gasteiger partial charge in [0.15, 0.2) is 0 Å². The minimum Gasteiger partial charge on any atom is -0.507 e. The third-order valence-corrected chi connectivity index (χ3v) is 16.0. The standard InChI is InChI=1S/C58H74N2O12/c1-5-18-58(69)44-16-17-48(62)40(24-44)20-34-10-9-11-35(19-34)21-46(61)27-43-22-37(39-23-41(49(63)31-59-3)26-45(25-39)60-33-57(2,68)50(64)32-70-4)14-15-38-30-52(65)72-55-47(38)28-42(29-51(58)71-56(43)67)54(66)53(55)36-12-7-6-8-13-36/h9-11,19,23,25-28,36-38,40,44,46,49-51,59-61,63-64,66,68-69H,5-8,12-13,16-18,20-22,24,29-33H2,1-4H3/b43-27-/t37-,38+,40+,44+,46-,49-,50+,51+,57+,58-/m0/s1. The van der Waals surface area contributed by atoms with E-state index in [4.69, 9.17) is 14.2 Å². The zero-order chi connectivity index (χ0) is 51.3. The van der Waals surface area contributed by atoms with Gasteiger partial charge in [-0.1, -0.05) is 74.8 Å². The van der Waals surface area contributed by atoms with Crippen molar-refractivity contribution in [2.75, 3.05) is 39.2 Å². The van der Waals surface area contributed by atoms with E-state index in [1.807, 2.05) is 31.2 Å². The second kappa shape index (κ2) is 23.0. The molecule has 8 bridgehead atoms. The number of benzene rings is 3. The molecule has 14 nitrogen and oxygen atoms in total. The molecule has 5 aliphatic rings. The summed E-state index contributed by atoms with van der Waals surface area (Å²) in [6, 6.07) is 14.9. The Morgan fingerprint density at radius 2 is 1.68 bits per heavy atom. The third kappa shape index (κ3) is 11.9. The Morgan fingerprint density at radius 1 is 0.931 bits per heavy atom. The molecule has 0 spiro atoms. The van der Waals surface area contributed by atoms with Crippen LogP contribution in [0, 0.1) is 23.7 Å². The lowest BCUT2D eigenvalue weighted by molar-refractivity contribution is -0.176. The van der Waals surface area contributed by atoms with Crippen LogP contribution in [0.15, 0.2) is 60.2 Å². The number of ketones is 1. The van der Waals surface area contributed by atoms with Crippen molar-refractivity contribution < 1.29 is 59.2 Å². The number of hydrogen-bond acceptors (Lipinski definition) is 14. The Balaban J connectivity index is 1.35. The van der Waals surface area contributed by atoms with Gasteiger partial charge in [0.05, 0.1) is 31.2 Å². The second-order valence-electron chi connectivity index (χ2n) is 21.4. The number of fused-ring (bicyclic) bond motifs is 8. The lowest BCUT2D eigenvalue weighted by Crippen LogP contribution is -2.54. The molecule has 0 amide bonds. The molecule has 3 heterocycles. The molecule has 2 fully saturated rings. The smallest absolute Gasteiger partial charge is 0.334 e. The lowest BCUT2D eigenvalue weighted by atomic mass is 9.66. The number of carbonyl (C=O) groups excluding carboxylic acids is 3. The van der Waals surface area contributed by atoms with Gasteiger partial charge in [0.1, 0.15) is 40.7 Å². The molecule has 72 heavy (non-hydrogen) atoms. The van der Waals surface area contributed by atoms with Crippen molar-refractivity contribution in [3.8, 4) is 23.3 Å². The summed E-state index contributed by atoms with van der Waals surface area (Å²) >= 11 is 0. The van der Waals surface area contributed by atoms with Crippen molar-refractivity contribution in [1.29, 1.82) is 0 Å². The van der Waals surface area contributed by atoms with Crippen LogP contribution in [0.3, 0.4) is 0 Å². The number of nitrogens with one attached hydrogen (secondary N) is 2.